The average molecular weight is 351 g/mol. The van der Waals surface area contributed by atoms with Gasteiger partial charge in [-0.15, -0.1) is 0 Å². The van der Waals surface area contributed by atoms with E-state index in [9.17, 15) is 4.79 Å². The number of fused-ring (bicyclic) bond motifs is 1. The molecule has 0 saturated heterocycles. The average Bonchev–Trinajstić information content (AvgIpc) is 2.62. The van der Waals surface area contributed by atoms with Crippen LogP contribution in [0.25, 0.3) is 10.9 Å². The molecule has 2 aromatic carbocycles. The molecule has 1 heterocycles. The second kappa shape index (κ2) is 7.28. The lowest BCUT2D eigenvalue weighted by Crippen LogP contribution is -2.13. The Kier molecular flexibility index (Phi) is 5.09. The summed E-state index contributed by atoms with van der Waals surface area (Å²) in [4.78, 5) is 17.4. The van der Waals surface area contributed by atoms with Crippen molar-refractivity contribution in [3.8, 4) is 5.75 Å². The van der Waals surface area contributed by atoms with Crippen LogP contribution in [0.1, 0.15) is 28.4 Å². The van der Waals surface area contributed by atoms with Gasteiger partial charge in [0.25, 0.3) is 0 Å². The van der Waals surface area contributed by atoms with Crippen molar-refractivity contribution < 1.29 is 9.53 Å². The molecular weight excluding hydrogens is 330 g/mol. The summed E-state index contributed by atoms with van der Waals surface area (Å²) in [5, 5.41) is 1.84. The van der Waals surface area contributed by atoms with Gasteiger partial charge < -0.3 is 4.74 Å². The quantitative estimate of drug-likeness (QED) is 0.466. The van der Waals surface area contributed by atoms with Gasteiger partial charge in [0.05, 0.1) is 22.9 Å². The molecule has 0 amide bonds. The number of carbonyl (C=O) groups is 1. The summed E-state index contributed by atoms with van der Waals surface area (Å²) in [6, 6.07) is 15.5. The number of ether oxygens (including phenoxy) is 1. The molecule has 0 fully saturated rings. The first-order valence-corrected chi connectivity index (χ1v) is 9.09. The number of thioether (sulfide) groups is 1. The van der Waals surface area contributed by atoms with Gasteiger partial charge in [-0.3, -0.25) is 4.79 Å². The van der Waals surface area contributed by atoms with Gasteiger partial charge in [-0.2, -0.15) is 0 Å². The molecule has 0 radical (unpaired) electrons. The predicted octanol–water partition coefficient (Wildman–Crippen LogP) is 5.22. The number of Topliss-reactive ketones (excluding diaryl/α,β-unsaturated/α-hetero) is 1. The van der Waals surface area contributed by atoms with E-state index in [1.165, 1.54) is 22.7 Å². The lowest BCUT2D eigenvalue weighted by molar-refractivity contribution is 0.0994. The topological polar surface area (TPSA) is 39.2 Å². The normalized spacial score (nSPS) is 12.2. The standard InChI is InChI=1S/C21H21NO2S/c1-13-6-5-7-18-14(2)12-19(22-20(13)18)25-15(3)21(23)16-8-10-17(24-4)11-9-16/h5-12,15H,1-4H3/t15-/m0/s1. The van der Waals surface area contributed by atoms with Gasteiger partial charge in [0.2, 0.25) is 0 Å². The van der Waals surface area contributed by atoms with Crippen molar-refractivity contribution in [2.45, 2.75) is 31.0 Å². The number of aryl methyl sites for hydroxylation is 2. The van der Waals surface area contributed by atoms with Crippen molar-refractivity contribution in [2.75, 3.05) is 7.11 Å². The molecule has 1 atom stereocenters. The van der Waals surface area contributed by atoms with Gasteiger partial charge in [-0.1, -0.05) is 30.0 Å². The molecule has 4 heteroatoms. The van der Waals surface area contributed by atoms with E-state index in [0.717, 1.165) is 21.9 Å². The Labute approximate surface area is 152 Å². The molecule has 0 aliphatic heterocycles. The van der Waals surface area contributed by atoms with Crippen LogP contribution in [0.4, 0.5) is 0 Å². The number of rotatable bonds is 5. The van der Waals surface area contributed by atoms with Crippen LogP contribution in [0.5, 0.6) is 5.75 Å². The molecule has 0 N–H and O–H groups in total. The summed E-state index contributed by atoms with van der Waals surface area (Å²) in [5.41, 5.74) is 4.03. The van der Waals surface area contributed by atoms with Gasteiger partial charge in [-0.25, -0.2) is 4.98 Å². The van der Waals surface area contributed by atoms with E-state index >= 15 is 0 Å². The van der Waals surface area contributed by atoms with Crippen LogP contribution in [0.3, 0.4) is 0 Å². The maximum Gasteiger partial charge on any atom is 0.175 e. The third kappa shape index (κ3) is 3.69. The van der Waals surface area contributed by atoms with Crippen LogP contribution in [0.2, 0.25) is 0 Å². The number of carbonyl (C=O) groups excluding carboxylic acids is 1. The summed E-state index contributed by atoms with van der Waals surface area (Å²) >= 11 is 1.50. The molecule has 0 aliphatic carbocycles. The summed E-state index contributed by atoms with van der Waals surface area (Å²) < 4.78 is 5.14. The van der Waals surface area contributed by atoms with Crippen molar-refractivity contribution in [3.63, 3.8) is 0 Å². The van der Waals surface area contributed by atoms with E-state index < -0.39 is 0 Å². The molecule has 0 unspecified atom stereocenters. The Morgan fingerprint density at radius 3 is 2.48 bits per heavy atom. The molecule has 1 aromatic heterocycles. The third-order valence-corrected chi connectivity index (χ3v) is 5.28. The Bertz CT molecular complexity index is 919. The summed E-state index contributed by atoms with van der Waals surface area (Å²) in [6.07, 6.45) is 0. The van der Waals surface area contributed by atoms with E-state index in [1.807, 2.05) is 19.1 Å². The molecular formula is C21H21NO2S. The number of methoxy groups -OCH3 is 1. The first-order valence-electron chi connectivity index (χ1n) is 8.21. The van der Waals surface area contributed by atoms with Crippen molar-refractivity contribution in [2.24, 2.45) is 0 Å². The van der Waals surface area contributed by atoms with Crippen LogP contribution in [-0.4, -0.2) is 23.1 Å². The van der Waals surface area contributed by atoms with Gasteiger partial charge in [0.15, 0.2) is 5.78 Å². The number of aromatic nitrogens is 1. The van der Waals surface area contributed by atoms with E-state index in [0.29, 0.717) is 5.56 Å². The predicted molar refractivity (Wildman–Crippen MR) is 104 cm³/mol. The Morgan fingerprint density at radius 2 is 1.80 bits per heavy atom. The molecule has 128 valence electrons. The van der Waals surface area contributed by atoms with Gasteiger partial charge in [0, 0.05) is 10.9 Å². The summed E-state index contributed by atoms with van der Waals surface area (Å²) in [5.74, 6) is 0.844. The van der Waals surface area contributed by atoms with Crippen molar-refractivity contribution in [1.82, 2.24) is 4.98 Å². The van der Waals surface area contributed by atoms with Gasteiger partial charge >= 0.3 is 0 Å². The first kappa shape index (κ1) is 17.5. The first-order chi connectivity index (χ1) is 12.0. The minimum Gasteiger partial charge on any atom is -0.497 e. The zero-order chi connectivity index (χ0) is 18.0. The van der Waals surface area contributed by atoms with E-state index in [4.69, 9.17) is 9.72 Å². The maximum absolute atomic E-state index is 12.7. The van der Waals surface area contributed by atoms with Gasteiger partial charge in [0.1, 0.15) is 5.75 Å². The molecule has 0 spiro atoms. The fourth-order valence-corrected chi connectivity index (χ4v) is 3.81. The Balaban J connectivity index is 1.84. The zero-order valence-electron chi connectivity index (χ0n) is 14.9. The largest absolute Gasteiger partial charge is 0.497 e. The monoisotopic (exact) mass is 351 g/mol. The van der Waals surface area contributed by atoms with Gasteiger partial charge in [-0.05, 0) is 62.2 Å². The lowest BCUT2D eigenvalue weighted by Gasteiger charge is -2.12. The number of benzene rings is 2. The number of hydrogen-bond acceptors (Lipinski definition) is 4. The Hall–Kier alpha value is -2.33. The SMILES string of the molecule is COc1ccc(C(=O)[C@H](C)Sc2cc(C)c3cccc(C)c3n2)cc1. The van der Waals surface area contributed by atoms with Crippen LogP contribution < -0.4 is 4.74 Å². The molecule has 0 aliphatic rings. The second-order valence-electron chi connectivity index (χ2n) is 6.10. The molecule has 0 bridgehead atoms. The smallest absolute Gasteiger partial charge is 0.175 e. The number of pyridine rings is 1. The second-order valence-corrected chi connectivity index (χ2v) is 7.46. The van der Waals surface area contributed by atoms with Crippen LogP contribution in [0.15, 0.2) is 53.6 Å². The molecule has 25 heavy (non-hydrogen) atoms. The highest BCUT2D eigenvalue weighted by Gasteiger charge is 2.18. The minimum absolute atomic E-state index is 0.0944. The highest BCUT2D eigenvalue weighted by molar-refractivity contribution is 8.00. The summed E-state index contributed by atoms with van der Waals surface area (Å²) in [6.45, 7) is 6.08. The zero-order valence-corrected chi connectivity index (χ0v) is 15.7. The molecule has 3 rings (SSSR count). The number of hydrogen-bond donors (Lipinski definition) is 0. The van der Waals surface area contributed by atoms with Crippen molar-refractivity contribution >= 4 is 28.4 Å². The molecule has 3 aromatic rings. The molecule has 0 saturated carbocycles. The number of para-hydroxylation sites is 1. The van der Waals surface area contributed by atoms with Crippen molar-refractivity contribution in [3.05, 3.63) is 65.2 Å². The fourth-order valence-electron chi connectivity index (χ4n) is 2.82. The fraction of sp³-hybridized carbons (Fsp3) is 0.238. The maximum atomic E-state index is 12.7. The highest BCUT2D eigenvalue weighted by Crippen LogP contribution is 2.29. The Morgan fingerprint density at radius 1 is 1.08 bits per heavy atom. The van der Waals surface area contributed by atoms with E-state index in [-0.39, 0.29) is 11.0 Å². The van der Waals surface area contributed by atoms with E-state index in [1.54, 1.807) is 19.2 Å². The van der Waals surface area contributed by atoms with E-state index in [2.05, 4.69) is 38.1 Å². The lowest BCUT2D eigenvalue weighted by atomic mass is 10.1. The number of ketones is 1. The van der Waals surface area contributed by atoms with Crippen LogP contribution >= 0.6 is 11.8 Å². The molecule has 3 nitrogen and oxygen atoms in total. The van der Waals surface area contributed by atoms with Crippen molar-refractivity contribution in [1.29, 1.82) is 0 Å². The summed E-state index contributed by atoms with van der Waals surface area (Å²) in [7, 11) is 1.62. The third-order valence-electron chi connectivity index (χ3n) is 4.27. The number of nitrogens with zero attached hydrogens (tertiary/aromatic N) is 1. The highest BCUT2D eigenvalue weighted by atomic mass is 32.2. The minimum atomic E-state index is -0.207. The van der Waals surface area contributed by atoms with Crippen LogP contribution in [-0.2, 0) is 0 Å². The van der Waals surface area contributed by atoms with Crippen LogP contribution in [0, 0.1) is 13.8 Å².